The van der Waals surface area contributed by atoms with Crippen LogP contribution in [0, 0.1) is 0 Å². The van der Waals surface area contributed by atoms with E-state index in [1.165, 1.54) is 29.5 Å². The molecule has 1 fully saturated rings. The van der Waals surface area contributed by atoms with Crippen LogP contribution < -0.4 is 5.32 Å². The first-order valence-corrected chi connectivity index (χ1v) is 11.2. The zero-order valence-corrected chi connectivity index (χ0v) is 18.4. The number of nitrogens with one attached hydrogen (secondary N) is 1. The molecule has 0 aliphatic heterocycles. The molecule has 2 nitrogen and oxygen atoms in total. The second kappa shape index (κ2) is 9.16. The van der Waals surface area contributed by atoms with Gasteiger partial charge in [0, 0.05) is 24.0 Å². The summed E-state index contributed by atoms with van der Waals surface area (Å²) in [6, 6.07) is 33.1. The number of nitrogens with zero attached hydrogens (tertiary/aromatic N) is 1. The highest BCUT2D eigenvalue weighted by Crippen LogP contribution is 2.47. The normalized spacial score (nSPS) is 24.1. The van der Waals surface area contributed by atoms with E-state index in [0.29, 0.717) is 0 Å². The molecule has 156 valence electrons. The Bertz CT molecular complexity index is 897. The van der Waals surface area contributed by atoms with Crippen LogP contribution in [-0.2, 0) is 17.5 Å². The van der Waals surface area contributed by atoms with Gasteiger partial charge in [-0.1, -0.05) is 91.0 Å². The summed E-state index contributed by atoms with van der Waals surface area (Å²) in [7, 11) is 4.40. The lowest BCUT2D eigenvalue weighted by molar-refractivity contribution is 0.129. The lowest BCUT2D eigenvalue weighted by Gasteiger charge is -2.48. The fraction of sp³-hybridized carbons (Fsp3) is 0.357. The van der Waals surface area contributed by atoms with Gasteiger partial charge in [-0.3, -0.25) is 0 Å². The molecule has 1 N–H and O–H groups in total. The second-order valence-corrected chi connectivity index (χ2v) is 9.00. The predicted molar refractivity (Wildman–Crippen MR) is 127 cm³/mol. The molecule has 0 bridgehead atoms. The van der Waals surface area contributed by atoms with Crippen molar-refractivity contribution in [2.45, 2.75) is 43.2 Å². The van der Waals surface area contributed by atoms with E-state index < -0.39 is 0 Å². The second-order valence-electron chi connectivity index (χ2n) is 9.00. The highest BCUT2D eigenvalue weighted by molar-refractivity contribution is 5.31. The maximum atomic E-state index is 3.70. The van der Waals surface area contributed by atoms with Crippen molar-refractivity contribution in [3.05, 3.63) is 108 Å². The van der Waals surface area contributed by atoms with Crippen molar-refractivity contribution < 1.29 is 0 Å². The Morgan fingerprint density at radius 2 is 1.20 bits per heavy atom. The third-order valence-electron chi connectivity index (χ3n) is 7.12. The van der Waals surface area contributed by atoms with Crippen molar-refractivity contribution in [2.75, 3.05) is 20.6 Å². The molecule has 0 radical (unpaired) electrons. The zero-order chi connectivity index (χ0) is 20.9. The molecular formula is C28H34N2. The minimum absolute atomic E-state index is 0.0809. The third kappa shape index (κ3) is 4.35. The minimum Gasteiger partial charge on any atom is -0.310 e. The smallest absolute Gasteiger partial charge is 0.0432 e. The van der Waals surface area contributed by atoms with Crippen LogP contribution in [0.25, 0.3) is 0 Å². The largest absolute Gasteiger partial charge is 0.310 e. The summed E-state index contributed by atoms with van der Waals surface area (Å²) in [5, 5.41) is 3.70. The Morgan fingerprint density at radius 3 is 1.73 bits per heavy atom. The quantitative estimate of drug-likeness (QED) is 0.545. The van der Waals surface area contributed by atoms with Crippen LogP contribution in [0.5, 0.6) is 0 Å². The first kappa shape index (κ1) is 20.8. The van der Waals surface area contributed by atoms with Crippen LogP contribution in [0.4, 0.5) is 0 Å². The topological polar surface area (TPSA) is 15.3 Å². The summed E-state index contributed by atoms with van der Waals surface area (Å²) in [4.78, 5) is 2.51. The SMILES string of the molecule is CNC1(c2ccccc2)CCC(CN(C)Cc2ccccc2)(c2ccccc2)CC1. The molecule has 1 saturated carbocycles. The monoisotopic (exact) mass is 398 g/mol. The average molecular weight is 399 g/mol. The van der Waals surface area contributed by atoms with E-state index in [4.69, 9.17) is 0 Å². The highest BCUT2D eigenvalue weighted by atomic mass is 15.1. The number of rotatable bonds is 7. The van der Waals surface area contributed by atoms with Crippen molar-refractivity contribution in [3.8, 4) is 0 Å². The van der Waals surface area contributed by atoms with Gasteiger partial charge in [-0.05, 0) is 56.5 Å². The van der Waals surface area contributed by atoms with Gasteiger partial charge < -0.3 is 10.2 Å². The Morgan fingerprint density at radius 1 is 0.700 bits per heavy atom. The molecule has 2 heteroatoms. The molecule has 0 atom stereocenters. The van der Waals surface area contributed by atoms with Crippen molar-refractivity contribution in [3.63, 3.8) is 0 Å². The number of hydrogen-bond acceptors (Lipinski definition) is 2. The Hall–Kier alpha value is -2.42. The van der Waals surface area contributed by atoms with Crippen LogP contribution in [-0.4, -0.2) is 25.5 Å². The predicted octanol–water partition coefficient (Wildman–Crippen LogP) is 5.75. The van der Waals surface area contributed by atoms with E-state index in [0.717, 1.165) is 25.9 Å². The fourth-order valence-electron chi connectivity index (χ4n) is 5.39. The molecule has 0 amide bonds. The van der Waals surface area contributed by atoms with Gasteiger partial charge in [0.15, 0.2) is 0 Å². The van der Waals surface area contributed by atoms with Crippen LogP contribution in [0.2, 0.25) is 0 Å². The van der Waals surface area contributed by atoms with E-state index in [2.05, 4.69) is 115 Å². The van der Waals surface area contributed by atoms with Gasteiger partial charge in [-0.2, -0.15) is 0 Å². The Balaban J connectivity index is 1.57. The van der Waals surface area contributed by atoms with E-state index in [-0.39, 0.29) is 11.0 Å². The van der Waals surface area contributed by atoms with Crippen LogP contribution in [0.15, 0.2) is 91.0 Å². The van der Waals surface area contributed by atoms with E-state index in [1.807, 2.05) is 0 Å². The number of hydrogen-bond donors (Lipinski definition) is 1. The molecule has 0 heterocycles. The lowest BCUT2D eigenvalue weighted by Crippen LogP contribution is -2.50. The standard InChI is InChI=1S/C28H34N2/c1-29-28(26-16-10-5-11-17-26)20-18-27(19-21-28,25-14-8-4-9-15-25)23-30(2)22-24-12-6-3-7-13-24/h3-17,29H,18-23H2,1-2H3. The van der Waals surface area contributed by atoms with Gasteiger partial charge in [0.05, 0.1) is 0 Å². The maximum absolute atomic E-state index is 3.70. The summed E-state index contributed by atoms with van der Waals surface area (Å²) in [5.41, 5.74) is 4.57. The molecule has 0 saturated heterocycles. The molecule has 1 aliphatic carbocycles. The zero-order valence-electron chi connectivity index (χ0n) is 18.4. The summed E-state index contributed by atoms with van der Waals surface area (Å²) in [6.45, 7) is 2.08. The first-order chi connectivity index (χ1) is 14.7. The Labute approximate surface area is 181 Å². The summed E-state index contributed by atoms with van der Waals surface area (Å²) in [6.07, 6.45) is 4.68. The number of likely N-dealkylation sites (N-methyl/N-ethyl adjacent to an activating group) is 1. The van der Waals surface area contributed by atoms with Crippen molar-refractivity contribution in [2.24, 2.45) is 0 Å². The number of benzene rings is 3. The first-order valence-electron chi connectivity index (χ1n) is 11.2. The van der Waals surface area contributed by atoms with Crippen molar-refractivity contribution in [1.82, 2.24) is 10.2 Å². The maximum Gasteiger partial charge on any atom is 0.0432 e. The van der Waals surface area contributed by atoms with Gasteiger partial charge in [0.25, 0.3) is 0 Å². The summed E-state index contributed by atoms with van der Waals surface area (Å²) in [5.74, 6) is 0. The molecule has 30 heavy (non-hydrogen) atoms. The molecule has 0 unspecified atom stereocenters. The van der Waals surface area contributed by atoms with E-state index in [9.17, 15) is 0 Å². The van der Waals surface area contributed by atoms with Gasteiger partial charge in [-0.25, -0.2) is 0 Å². The molecule has 1 aliphatic rings. The molecule has 4 rings (SSSR count). The Kier molecular flexibility index (Phi) is 6.36. The van der Waals surface area contributed by atoms with E-state index in [1.54, 1.807) is 0 Å². The van der Waals surface area contributed by atoms with Gasteiger partial charge >= 0.3 is 0 Å². The summed E-state index contributed by atoms with van der Waals surface area (Å²) >= 11 is 0. The van der Waals surface area contributed by atoms with E-state index >= 15 is 0 Å². The lowest BCUT2D eigenvalue weighted by atomic mass is 9.62. The van der Waals surface area contributed by atoms with Crippen LogP contribution in [0.3, 0.4) is 0 Å². The van der Waals surface area contributed by atoms with Gasteiger partial charge in [-0.15, -0.1) is 0 Å². The summed E-state index contributed by atoms with van der Waals surface area (Å²) < 4.78 is 0. The third-order valence-corrected chi connectivity index (χ3v) is 7.12. The van der Waals surface area contributed by atoms with Crippen molar-refractivity contribution >= 4 is 0 Å². The molecule has 0 aromatic heterocycles. The average Bonchev–Trinajstić information content (AvgIpc) is 2.81. The van der Waals surface area contributed by atoms with Crippen LogP contribution in [0.1, 0.15) is 42.4 Å². The van der Waals surface area contributed by atoms with Gasteiger partial charge in [0.2, 0.25) is 0 Å². The van der Waals surface area contributed by atoms with Crippen LogP contribution >= 0.6 is 0 Å². The highest BCUT2D eigenvalue weighted by Gasteiger charge is 2.44. The van der Waals surface area contributed by atoms with Gasteiger partial charge in [0.1, 0.15) is 0 Å². The molecular weight excluding hydrogens is 364 g/mol. The molecule has 3 aromatic rings. The fourth-order valence-corrected chi connectivity index (χ4v) is 5.39. The minimum atomic E-state index is 0.0809. The molecule has 3 aromatic carbocycles. The molecule has 0 spiro atoms. The van der Waals surface area contributed by atoms with Crippen molar-refractivity contribution in [1.29, 1.82) is 0 Å².